The molecule has 1 amide bonds. The Labute approximate surface area is 161 Å². The van der Waals surface area contributed by atoms with Crippen molar-refractivity contribution in [3.8, 4) is 0 Å². The number of ether oxygens (including phenoxy) is 1. The average Bonchev–Trinajstić information content (AvgIpc) is 2.62. The topological polar surface area (TPSA) is 81.2 Å². The van der Waals surface area contributed by atoms with Gasteiger partial charge in [0, 0.05) is 17.8 Å². The molecule has 0 bridgehead atoms. The molecule has 0 radical (unpaired) electrons. The van der Waals surface area contributed by atoms with Gasteiger partial charge in [0.05, 0.1) is 5.69 Å². The quantitative estimate of drug-likeness (QED) is 0.442. The number of carbonyl (C=O) groups is 2. The number of anilines is 1. The number of hydrogen-bond acceptors (Lipinski definition) is 6. The molecule has 8 heteroatoms. The molecular formula is C19H22FN3O3S. The average molecular weight is 391 g/mol. The molecule has 1 aromatic heterocycles. The molecule has 1 heterocycles. The molecule has 144 valence electrons. The standard InChI is InChI=1S/C19H22FN3O3S/c1-11-14(12(2)22-19(21-11)27-4)9-10-17(24)26-13(3)18(25)23-16-8-6-5-7-15(16)20/h5-8,13H,9-10H2,1-4H3,(H,23,25). The first-order valence-electron chi connectivity index (χ1n) is 8.44. The minimum Gasteiger partial charge on any atom is -0.453 e. The molecule has 1 aromatic carbocycles. The number of para-hydroxylation sites is 1. The first-order chi connectivity index (χ1) is 12.8. The van der Waals surface area contributed by atoms with Crippen LogP contribution in [-0.4, -0.2) is 34.2 Å². The lowest BCUT2D eigenvalue weighted by atomic mass is 10.1. The maximum Gasteiger partial charge on any atom is 0.306 e. The van der Waals surface area contributed by atoms with E-state index in [0.717, 1.165) is 17.0 Å². The summed E-state index contributed by atoms with van der Waals surface area (Å²) in [5, 5.41) is 3.10. The first kappa shape index (κ1) is 20.8. The number of esters is 1. The number of hydrogen-bond donors (Lipinski definition) is 1. The number of aromatic nitrogens is 2. The zero-order valence-electron chi connectivity index (χ0n) is 15.7. The van der Waals surface area contributed by atoms with Gasteiger partial charge in [-0.15, -0.1) is 0 Å². The fraction of sp³-hybridized carbons (Fsp3) is 0.368. The number of thioether (sulfide) groups is 1. The molecule has 0 saturated carbocycles. The second-order valence-electron chi connectivity index (χ2n) is 5.96. The third-order valence-corrected chi connectivity index (χ3v) is 4.52. The Morgan fingerprint density at radius 2 is 1.85 bits per heavy atom. The smallest absolute Gasteiger partial charge is 0.306 e. The first-order valence-corrected chi connectivity index (χ1v) is 9.67. The van der Waals surface area contributed by atoms with Crippen molar-refractivity contribution in [2.45, 2.75) is 44.9 Å². The summed E-state index contributed by atoms with van der Waals surface area (Å²) < 4.78 is 18.7. The lowest BCUT2D eigenvalue weighted by Gasteiger charge is -2.14. The van der Waals surface area contributed by atoms with Crippen LogP contribution in [0.15, 0.2) is 29.4 Å². The van der Waals surface area contributed by atoms with Gasteiger partial charge in [-0.1, -0.05) is 23.9 Å². The highest BCUT2D eigenvalue weighted by Crippen LogP contribution is 2.18. The van der Waals surface area contributed by atoms with Crippen LogP contribution in [0.3, 0.4) is 0 Å². The zero-order valence-corrected chi connectivity index (χ0v) is 16.5. The fourth-order valence-corrected chi connectivity index (χ4v) is 2.95. The Morgan fingerprint density at radius 1 is 1.22 bits per heavy atom. The minimum absolute atomic E-state index is 0.0441. The molecule has 1 N–H and O–H groups in total. The fourth-order valence-electron chi connectivity index (χ4n) is 2.50. The monoisotopic (exact) mass is 391 g/mol. The van der Waals surface area contributed by atoms with Gasteiger partial charge < -0.3 is 10.1 Å². The van der Waals surface area contributed by atoms with Crippen molar-refractivity contribution in [2.24, 2.45) is 0 Å². The van der Waals surface area contributed by atoms with Gasteiger partial charge in [-0.2, -0.15) is 0 Å². The van der Waals surface area contributed by atoms with Crippen LogP contribution >= 0.6 is 11.8 Å². The van der Waals surface area contributed by atoms with E-state index in [1.807, 2.05) is 20.1 Å². The van der Waals surface area contributed by atoms with Gasteiger partial charge >= 0.3 is 5.97 Å². The Balaban J connectivity index is 1.90. The van der Waals surface area contributed by atoms with Crippen molar-refractivity contribution in [1.82, 2.24) is 9.97 Å². The molecule has 0 aliphatic carbocycles. The van der Waals surface area contributed by atoms with Crippen molar-refractivity contribution in [3.05, 3.63) is 47.0 Å². The number of halogens is 1. The number of nitrogens with one attached hydrogen (secondary N) is 1. The zero-order chi connectivity index (χ0) is 20.0. The van der Waals surface area contributed by atoms with E-state index in [0.29, 0.717) is 11.6 Å². The van der Waals surface area contributed by atoms with Crippen LogP contribution in [0.2, 0.25) is 0 Å². The third-order valence-electron chi connectivity index (χ3n) is 3.97. The van der Waals surface area contributed by atoms with Crippen molar-refractivity contribution >= 4 is 29.3 Å². The molecule has 2 aromatic rings. The van der Waals surface area contributed by atoms with E-state index < -0.39 is 23.8 Å². The van der Waals surface area contributed by atoms with Crippen LogP contribution in [0.1, 0.15) is 30.3 Å². The predicted molar refractivity (Wildman–Crippen MR) is 102 cm³/mol. The van der Waals surface area contributed by atoms with Crippen molar-refractivity contribution in [2.75, 3.05) is 11.6 Å². The van der Waals surface area contributed by atoms with E-state index in [2.05, 4.69) is 15.3 Å². The molecular weight excluding hydrogens is 369 g/mol. The summed E-state index contributed by atoms with van der Waals surface area (Å²) in [6, 6.07) is 5.80. The number of nitrogens with zero attached hydrogens (tertiary/aromatic N) is 2. The molecule has 0 spiro atoms. The van der Waals surface area contributed by atoms with Gasteiger partial charge in [0.15, 0.2) is 11.3 Å². The summed E-state index contributed by atoms with van der Waals surface area (Å²) in [4.78, 5) is 32.9. The van der Waals surface area contributed by atoms with Gasteiger partial charge in [0.2, 0.25) is 0 Å². The Hall–Kier alpha value is -2.48. The number of benzene rings is 1. The Morgan fingerprint density at radius 3 is 2.44 bits per heavy atom. The Kier molecular flexibility index (Phi) is 7.29. The summed E-state index contributed by atoms with van der Waals surface area (Å²) in [5.41, 5.74) is 2.59. The second kappa shape index (κ2) is 9.45. The van der Waals surface area contributed by atoms with Gasteiger partial charge in [-0.3, -0.25) is 9.59 Å². The molecule has 0 saturated heterocycles. The molecule has 1 unspecified atom stereocenters. The van der Waals surface area contributed by atoms with Crippen LogP contribution in [0, 0.1) is 19.7 Å². The van der Waals surface area contributed by atoms with Crippen LogP contribution in [0.5, 0.6) is 0 Å². The largest absolute Gasteiger partial charge is 0.453 e. The number of aryl methyl sites for hydroxylation is 2. The van der Waals surface area contributed by atoms with Crippen molar-refractivity contribution in [3.63, 3.8) is 0 Å². The molecule has 1 atom stereocenters. The SMILES string of the molecule is CSc1nc(C)c(CCC(=O)OC(C)C(=O)Nc2ccccc2F)c(C)n1. The lowest BCUT2D eigenvalue weighted by molar-refractivity contribution is -0.153. The highest BCUT2D eigenvalue weighted by Gasteiger charge is 2.19. The van der Waals surface area contributed by atoms with Crippen LogP contribution in [0.4, 0.5) is 10.1 Å². The van der Waals surface area contributed by atoms with Crippen LogP contribution in [-0.2, 0) is 20.7 Å². The van der Waals surface area contributed by atoms with Gasteiger partial charge in [-0.05, 0) is 51.1 Å². The normalized spacial score (nSPS) is 11.7. The molecule has 0 aliphatic rings. The maximum atomic E-state index is 13.6. The van der Waals surface area contributed by atoms with Crippen molar-refractivity contribution in [1.29, 1.82) is 0 Å². The Bertz CT molecular complexity index is 822. The molecule has 2 rings (SSSR count). The molecule has 0 aliphatic heterocycles. The second-order valence-corrected chi connectivity index (χ2v) is 6.73. The predicted octanol–water partition coefficient (Wildman–Crippen LogP) is 3.46. The number of amides is 1. The molecule has 27 heavy (non-hydrogen) atoms. The molecule has 0 fully saturated rings. The summed E-state index contributed by atoms with van der Waals surface area (Å²) in [7, 11) is 0. The van der Waals surface area contributed by atoms with E-state index in [4.69, 9.17) is 4.74 Å². The summed E-state index contributed by atoms with van der Waals surface area (Å²) >= 11 is 1.46. The highest BCUT2D eigenvalue weighted by atomic mass is 32.2. The van der Waals surface area contributed by atoms with E-state index in [1.54, 1.807) is 6.07 Å². The van der Waals surface area contributed by atoms with Crippen molar-refractivity contribution < 1.29 is 18.7 Å². The van der Waals surface area contributed by atoms with E-state index in [9.17, 15) is 14.0 Å². The maximum absolute atomic E-state index is 13.6. The van der Waals surface area contributed by atoms with E-state index in [-0.39, 0.29) is 12.1 Å². The summed E-state index contributed by atoms with van der Waals surface area (Å²) in [5.74, 6) is -1.66. The molecule has 6 nitrogen and oxygen atoms in total. The minimum atomic E-state index is -1.03. The lowest BCUT2D eigenvalue weighted by Crippen LogP contribution is -2.30. The summed E-state index contributed by atoms with van der Waals surface area (Å²) in [6.45, 7) is 5.19. The van der Waals surface area contributed by atoms with E-state index >= 15 is 0 Å². The van der Waals surface area contributed by atoms with E-state index in [1.165, 1.54) is 36.9 Å². The number of rotatable bonds is 7. The van der Waals surface area contributed by atoms with Gasteiger partial charge in [0.25, 0.3) is 5.91 Å². The highest BCUT2D eigenvalue weighted by molar-refractivity contribution is 7.98. The van der Waals surface area contributed by atoms with Gasteiger partial charge in [0.1, 0.15) is 5.82 Å². The van der Waals surface area contributed by atoms with Crippen LogP contribution < -0.4 is 5.32 Å². The van der Waals surface area contributed by atoms with Crippen LogP contribution in [0.25, 0.3) is 0 Å². The third kappa shape index (κ3) is 5.75. The number of carbonyl (C=O) groups excluding carboxylic acids is 2. The van der Waals surface area contributed by atoms with Gasteiger partial charge in [-0.25, -0.2) is 14.4 Å². The summed E-state index contributed by atoms with van der Waals surface area (Å²) in [6.07, 6.45) is 1.39.